The first-order valence-electron chi connectivity index (χ1n) is 7.45. The fourth-order valence-corrected chi connectivity index (χ4v) is 3.07. The van der Waals surface area contributed by atoms with Gasteiger partial charge in [-0.25, -0.2) is 0 Å². The molecule has 4 rings (SSSR count). The van der Waals surface area contributed by atoms with Gasteiger partial charge in [-0.1, -0.05) is 0 Å². The smallest absolute Gasteiger partial charge is 0.237 e. The SMILES string of the molecule is Cl.O=C(NCc1cc2cnccc2[nH]1)[C@@H]1CC2(CN1)OCCO2. The minimum Gasteiger partial charge on any atom is -0.357 e. The number of H-pyrrole nitrogens is 1. The number of nitrogens with zero attached hydrogens (tertiary/aromatic N) is 1. The first-order valence-corrected chi connectivity index (χ1v) is 7.45. The van der Waals surface area contributed by atoms with Crippen LogP contribution < -0.4 is 10.6 Å². The maximum atomic E-state index is 12.3. The summed E-state index contributed by atoms with van der Waals surface area (Å²) in [5.74, 6) is -0.637. The lowest BCUT2D eigenvalue weighted by Crippen LogP contribution is -2.40. The molecule has 0 saturated carbocycles. The predicted octanol–water partition coefficient (Wildman–Crippen LogP) is 0.706. The molecule has 0 aliphatic carbocycles. The van der Waals surface area contributed by atoms with E-state index in [2.05, 4.69) is 20.6 Å². The summed E-state index contributed by atoms with van der Waals surface area (Å²) >= 11 is 0. The van der Waals surface area contributed by atoms with Crippen LogP contribution in [-0.2, 0) is 20.8 Å². The molecule has 124 valence electrons. The average molecular weight is 339 g/mol. The number of carbonyl (C=O) groups excluding carboxylic acids is 1. The number of rotatable bonds is 3. The van der Waals surface area contributed by atoms with E-state index in [0.29, 0.717) is 32.7 Å². The van der Waals surface area contributed by atoms with Crippen LogP contribution in [0.1, 0.15) is 12.1 Å². The van der Waals surface area contributed by atoms with Gasteiger partial charge in [0.25, 0.3) is 0 Å². The molecule has 2 saturated heterocycles. The Morgan fingerprint density at radius 2 is 2.26 bits per heavy atom. The van der Waals surface area contributed by atoms with Crippen LogP contribution in [-0.4, -0.2) is 47.5 Å². The molecule has 0 bridgehead atoms. The molecule has 2 aliphatic rings. The van der Waals surface area contributed by atoms with E-state index < -0.39 is 5.79 Å². The molecular formula is C15H19ClN4O3. The van der Waals surface area contributed by atoms with E-state index in [0.717, 1.165) is 16.6 Å². The maximum Gasteiger partial charge on any atom is 0.237 e. The molecule has 0 unspecified atom stereocenters. The Morgan fingerprint density at radius 3 is 3.04 bits per heavy atom. The summed E-state index contributed by atoms with van der Waals surface area (Å²) in [5.41, 5.74) is 1.97. The van der Waals surface area contributed by atoms with Gasteiger partial charge in [0.1, 0.15) is 0 Å². The number of amides is 1. The van der Waals surface area contributed by atoms with Crippen molar-refractivity contribution >= 4 is 29.2 Å². The Balaban J connectivity index is 0.00000156. The van der Waals surface area contributed by atoms with Crippen molar-refractivity contribution < 1.29 is 14.3 Å². The van der Waals surface area contributed by atoms with E-state index in [4.69, 9.17) is 9.47 Å². The Kier molecular flexibility index (Phi) is 4.54. The maximum absolute atomic E-state index is 12.3. The summed E-state index contributed by atoms with van der Waals surface area (Å²) in [6, 6.07) is 3.64. The second-order valence-corrected chi connectivity index (χ2v) is 5.72. The standard InChI is InChI=1S/C15H18N4O3.ClH/c20-14(13-6-15(9-18-13)21-3-4-22-15)17-8-11-5-10-7-16-2-1-12(10)19-11;/h1-2,5,7,13,18-19H,3-4,6,8-9H2,(H,17,20);1H/t13-;/m0./s1. The van der Waals surface area contributed by atoms with Gasteiger partial charge in [0.2, 0.25) is 5.91 Å². The van der Waals surface area contributed by atoms with Gasteiger partial charge in [-0.15, -0.1) is 12.4 Å². The van der Waals surface area contributed by atoms with Gasteiger partial charge in [-0.05, 0) is 12.1 Å². The van der Waals surface area contributed by atoms with E-state index in [1.54, 1.807) is 12.4 Å². The number of carbonyl (C=O) groups is 1. The Morgan fingerprint density at radius 1 is 1.43 bits per heavy atom. The number of hydrogen-bond donors (Lipinski definition) is 3. The monoisotopic (exact) mass is 338 g/mol. The van der Waals surface area contributed by atoms with Gasteiger partial charge in [0, 0.05) is 35.4 Å². The highest BCUT2D eigenvalue weighted by Crippen LogP contribution is 2.29. The van der Waals surface area contributed by atoms with Crippen LogP contribution in [0.3, 0.4) is 0 Å². The van der Waals surface area contributed by atoms with Crippen LogP contribution in [0, 0.1) is 0 Å². The Labute approximate surface area is 139 Å². The lowest BCUT2D eigenvalue weighted by Gasteiger charge is -2.19. The second kappa shape index (κ2) is 6.45. The number of ether oxygens (including phenoxy) is 2. The van der Waals surface area contributed by atoms with E-state index in [1.165, 1.54) is 0 Å². The Hall–Kier alpha value is -1.67. The van der Waals surface area contributed by atoms with Crippen molar-refractivity contribution in [3.8, 4) is 0 Å². The van der Waals surface area contributed by atoms with Gasteiger partial charge in [0.05, 0.1) is 32.3 Å². The summed E-state index contributed by atoms with van der Waals surface area (Å²) in [6.45, 7) is 2.21. The summed E-state index contributed by atoms with van der Waals surface area (Å²) in [6.07, 6.45) is 4.09. The number of fused-ring (bicyclic) bond motifs is 1. The predicted molar refractivity (Wildman–Crippen MR) is 86.2 cm³/mol. The van der Waals surface area contributed by atoms with Gasteiger partial charge in [-0.2, -0.15) is 0 Å². The zero-order chi connectivity index (χ0) is 15.0. The van der Waals surface area contributed by atoms with Crippen molar-refractivity contribution in [2.75, 3.05) is 19.8 Å². The van der Waals surface area contributed by atoms with Crippen molar-refractivity contribution in [1.82, 2.24) is 20.6 Å². The molecule has 0 radical (unpaired) electrons. The molecule has 2 aliphatic heterocycles. The minimum atomic E-state index is -0.602. The molecule has 2 aromatic heterocycles. The molecule has 1 amide bonds. The third-order valence-electron chi connectivity index (χ3n) is 4.19. The lowest BCUT2D eigenvalue weighted by molar-refractivity contribution is -0.144. The number of halogens is 1. The summed E-state index contributed by atoms with van der Waals surface area (Å²) < 4.78 is 11.2. The van der Waals surface area contributed by atoms with Crippen molar-refractivity contribution in [2.24, 2.45) is 0 Å². The van der Waals surface area contributed by atoms with Gasteiger partial charge in [-0.3, -0.25) is 9.78 Å². The fraction of sp³-hybridized carbons (Fsp3) is 0.467. The van der Waals surface area contributed by atoms with E-state index in [-0.39, 0.29) is 24.4 Å². The molecule has 2 fully saturated rings. The average Bonchev–Trinajstić information content (AvgIpc) is 3.25. The molecule has 3 N–H and O–H groups in total. The number of nitrogens with one attached hydrogen (secondary N) is 3. The van der Waals surface area contributed by atoms with Crippen LogP contribution >= 0.6 is 12.4 Å². The number of hydrogen-bond acceptors (Lipinski definition) is 5. The third-order valence-corrected chi connectivity index (χ3v) is 4.19. The van der Waals surface area contributed by atoms with Crippen molar-refractivity contribution in [1.29, 1.82) is 0 Å². The summed E-state index contributed by atoms with van der Waals surface area (Å²) in [5, 5.41) is 7.15. The topological polar surface area (TPSA) is 88.3 Å². The molecule has 1 atom stereocenters. The molecule has 4 heterocycles. The van der Waals surface area contributed by atoms with Gasteiger partial charge in [0.15, 0.2) is 5.79 Å². The second-order valence-electron chi connectivity index (χ2n) is 5.72. The quantitative estimate of drug-likeness (QED) is 0.767. The molecule has 0 aromatic carbocycles. The number of aromatic amines is 1. The van der Waals surface area contributed by atoms with Crippen LogP contribution in [0.5, 0.6) is 0 Å². The number of pyridine rings is 1. The first kappa shape index (κ1) is 16.2. The zero-order valence-electron chi connectivity index (χ0n) is 12.5. The molecule has 1 spiro atoms. The summed E-state index contributed by atoms with van der Waals surface area (Å²) in [7, 11) is 0. The first-order chi connectivity index (χ1) is 10.7. The third kappa shape index (κ3) is 3.18. The highest BCUT2D eigenvalue weighted by Gasteiger charge is 2.46. The van der Waals surface area contributed by atoms with Crippen molar-refractivity contribution in [2.45, 2.75) is 24.8 Å². The Bertz CT molecular complexity index is 666. The molecule has 7 nitrogen and oxygen atoms in total. The molecule has 23 heavy (non-hydrogen) atoms. The van der Waals surface area contributed by atoms with Crippen LogP contribution in [0.15, 0.2) is 24.5 Å². The van der Waals surface area contributed by atoms with E-state index >= 15 is 0 Å². The van der Waals surface area contributed by atoms with Crippen LogP contribution in [0.4, 0.5) is 0 Å². The normalized spacial score (nSPS) is 22.3. The fourth-order valence-electron chi connectivity index (χ4n) is 3.07. The summed E-state index contributed by atoms with van der Waals surface area (Å²) in [4.78, 5) is 19.6. The lowest BCUT2D eigenvalue weighted by atomic mass is 10.1. The van der Waals surface area contributed by atoms with Crippen molar-refractivity contribution in [3.05, 3.63) is 30.2 Å². The molecule has 8 heteroatoms. The highest BCUT2D eigenvalue weighted by atomic mass is 35.5. The van der Waals surface area contributed by atoms with Crippen molar-refractivity contribution in [3.63, 3.8) is 0 Å². The molecule has 2 aromatic rings. The van der Waals surface area contributed by atoms with Crippen LogP contribution in [0.25, 0.3) is 10.9 Å². The van der Waals surface area contributed by atoms with E-state index in [1.807, 2.05) is 12.1 Å². The van der Waals surface area contributed by atoms with E-state index in [9.17, 15) is 4.79 Å². The number of aromatic nitrogens is 2. The highest BCUT2D eigenvalue weighted by molar-refractivity contribution is 5.85. The zero-order valence-corrected chi connectivity index (χ0v) is 13.3. The molecular weight excluding hydrogens is 320 g/mol. The van der Waals surface area contributed by atoms with Crippen LogP contribution in [0.2, 0.25) is 0 Å². The largest absolute Gasteiger partial charge is 0.357 e. The van der Waals surface area contributed by atoms with Gasteiger partial charge >= 0.3 is 0 Å². The minimum absolute atomic E-state index is 0. The van der Waals surface area contributed by atoms with Gasteiger partial charge < -0.3 is 25.1 Å².